The van der Waals surface area contributed by atoms with Crippen molar-refractivity contribution in [1.82, 2.24) is 14.9 Å². The van der Waals surface area contributed by atoms with Crippen LogP contribution in [-0.4, -0.2) is 39.5 Å². The SMILES string of the molecule is Cc1cc(CN2Cc3c(ccnc3NC(=O)C(C)C)C2=O)cnc1OCC(F)(F)F. The van der Waals surface area contributed by atoms with Gasteiger partial charge in [0.15, 0.2) is 6.61 Å². The molecule has 0 spiro atoms. The molecule has 0 saturated heterocycles. The Balaban J connectivity index is 1.73. The first kappa shape index (κ1) is 21.5. The molecule has 0 radical (unpaired) electrons. The van der Waals surface area contributed by atoms with E-state index in [-0.39, 0.29) is 36.7 Å². The molecule has 2 amide bonds. The Bertz CT molecular complexity index is 976. The molecule has 1 N–H and O–H groups in total. The van der Waals surface area contributed by atoms with Crippen LogP contribution in [0.5, 0.6) is 5.88 Å². The van der Waals surface area contributed by atoms with E-state index in [1.165, 1.54) is 12.4 Å². The van der Waals surface area contributed by atoms with E-state index in [0.29, 0.717) is 28.1 Å². The minimum absolute atomic E-state index is 0.102. The largest absolute Gasteiger partial charge is 0.468 e. The van der Waals surface area contributed by atoms with E-state index in [1.807, 2.05) is 0 Å². The predicted octanol–water partition coefficient (Wildman–Crippen LogP) is 3.48. The number of hydrogen-bond donors (Lipinski definition) is 1. The Morgan fingerprint density at radius 3 is 2.70 bits per heavy atom. The lowest BCUT2D eigenvalue weighted by Crippen LogP contribution is -2.24. The summed E-state index contributed by atoms with van der Waals surface area (Å²) in [5.74, 6) is -0.399. The summed E-state index contributed by atoms with van der Waals surface area (Å²) in [6.07, 6.45) is -1.60. The van der Waals surface area contributed by atoms with Gasteiger partial charge in [0.2, 0.25) is 11.8 Å². The van der Waals surface area contributed by atoms with Crippen molar-refractivity contribution in [2.75, 3.05) is 11.9 Å². The monoisotopic (exact) mass is 422 g/mol. The highest BCUT2D eigenvalue weighted by Gasteiger charge is 2.31. The fourth-order valence-electron chi connectivity index (χ4n) is 3.01. The van der Waals surface area contributed by atoms with E-state index in [2.05, 4.69) is 15.3 Å². The molecule has 0 aromatic carbocycles. The van der Waals surface area contributed by atoms with E-state index in [1.54, 1.807) is 37.8 Å². The first-order valence-corrected chi connectivity index (χ1v) is 9.28. The van der Waals surface area contributed by atoms with E-state index in [9.17, 15) is 22.8 Å². The first-order chi connectivity index (χ1) is 14.0. The number of aryl methyl sites for hydroxylation is 1. The average molecular weight is 422 g/mol. The van der Waals surface area contributed by atoms with Gasteiger partial charge in [0, 0.05) is 41.5 Å². The lowest BCUT2D eigenvalue weighted by atomic mass is 10.1. The first-order valence-electron chi connectivity index (χ1n) is 9.28. The zero-order chi connectivity index (χ0) is 22.1. The van der Waals surface area contributed by atoms with Crippen LogP contribution in [0, 0.1) is 12.8 Å². The molecule has 10 heteroatoms. The summed E-state index contributed by atoms with van der Waals surface area (Å²) < 4.78 is 41.7. The van der Waals surface area contributed by atoms with Gasteiger partial charge in [-0.25, -0.2) is 9.97 Å². The van der Waals surface area contributed by atoms with Crippen molar-refractivity contribution in [3.05, 3.63) is 46.8 Å². The van der Waals surface area contributed by atoms with Crippen LogP contribution in [0.2, 0.25) is 0 Å². The number of alkyl halides is 3. The molecule has 0 bridgehead atoms. The van der Waals surface area contributed by atoms with Gasteiger partial charge >= 0.3 is 6.18 Å². The fourth-order valence-corrected chi connectivity index (χ4v) is 3.01. The lowest BCUT2D eigenvalue weighted by molar-refractivity contribution is -0.154. The quantitative estimate of drug-likeness (QED) is 0.771. The van der Waals surface area contributed by atoms with Crippen LogP contribution in [0.1, 0.15) is 40.9 Å². The van der Waals surface area contributed by atoms with E-state index < -0.39 is 12.8 Å². The molecule has 0 fully saturated rings. The molecule has 0 saturated carbocycles. The molecule has 30 heavy (non-hydrogen) atoms. The van der Waals surface area contributed by atoms with Crippen molar-refractivity contribution in [1.29, 1.82) is 0 Å². The second kappa shape index (κ2) is 8.29. The number of amides is 2. The fraction of sp³-hybridized carbons (Fsp3) is 0.400. The van der Waals surface area contributed by atoms with Crippen LogP contribution in [-0.2, 0) is 17.9 Å². The van der Waals surface area contributed by atoms with Gasteiger partial charge in [0.05, 0.1) is 6.54 Å². The minimum Gasteiger partial charge on any atom is -0.468 e. The molecule has 0 unspecified atom stereocenters. The van der Waals surface area contributed by atoms with Gasteiger partial charge in [-0.1, -0.05) is 13.8 Å². The molecule has 3 heterocycles. The molecule has 2 aromatic heterocycles. The molecule has 0 aliphatic carbocycles. The Labute approximate surface area is 171 Å². The number of nitrogens with one attached hydrogen (secondary N) is 1. The predicted molar refractivity (Wildman–Crippen MR) is 102 cm³/mol. The van der Waals surface area contributed by atoms with Crippen molar-refractivity contribution in [2.24, 2.45) is 5.92 Å². The molecule has 1 aliphatic rings. The number of pyridine rings is 2. The average Bonchev–Trinajstić information content (AvgIpc) is 2.97. The summed E-state index contributed by atoms with van der Waals surface area (Å²) in [6.45, 7) is 4.14. The number of halogens is 3. The maximum absolute atomic E-state index is 12.8. The number of ether oxygens (including phenoxy) is 1. The van der Waals surface area contributed by atoms with Crippen LogP contribution in [0.15, 0.2) is 24.5 Å². The second-order valence-corrected chi connectivity index (χ2v) is 7.36. The van der Waals surface area contributed by atoms with Gasteiger partial charge in [0.25, 0.3) is 5.91 Å². The summed E-state index contributed by atoms with van der Waals surface area (Å²) in [5, 5.41) is 2.74. The van der Waals surface area contributed by atoms with E-state index >= 15 is 0 Å². The zero-order valence-corrected chi connectivity index (χ0v) is 16.7. The minimum atomic E-state index is -4.45. The van der Waals surface area contributed by atoms with Gasteiger partial charge < -0.3 is 15.0 Å². The number of carbonyl (C=O) groups excluding carboxylic acids is 2. The van der Waals surface area contributed by atoms with Crippen molar-refractivity contribution in [3.63, 3.8) is 0 Å². The number of nitrogens with zero attached hydrogens (tertiary/aromatic N) is 3. The lowest BCUT2D eigenvalue weighted by Gasteiger charge is -2.17. The smallest absolute Gasteiger partial charge is 0.422 e. The Kier molecular flexibility index (Phi) is 5.95. The summed E-state index contributed by atoms with van der Waals surface area (Å²) in [4.78, 5) is 34.5. The second-order valence-electron chi connectivity index (χ2n) is 7.36. The molecular formula is C20H21F3N4O3. The highest BCUT2D eigenvalue weighted by molar-refractivity contribution is 6.01. The van der Waals surface area contributed by atoms with Gasteiger partial charge in [-0.05, 0) is 24.6 Å². The van der Waals surface area contributed by atoms with Crippen LogP contribution >= 0.6 is 0 Å². The molecule has 160 valence electrons. The summed E-state index contributed by atoms with van der Waals surface area (Å²) in [6, 6.07) is 3.23. The van der Waals surface area contributed by atoms with Gasteiger partial charge in [-0.2, -0.15) is 13.2 Å². The van der Waals surface area contributed by atoms with Crippen LogP contribution in [0.4, 0.5) is 19.0 Å². The highest BCUT2D eigenvalue weighted by atomic mass is 19.4. The van der Waals surface area contributed by atoms with Crippen molar-refractivity contribution in [3.8, 4) is 5.88 Å². The zero-order valence-electron chi connectivity index (χ0n) is 16.7. The molecule has 0 atom stereocenters. The highest BCUT2D eigenvalue weighted by Crippen LogP contribution is 2.29. The molecule has 7 nitrogen and oxygen atoms in total. The number of anilines is 1. The van der Waals surface area contributed by atoms with Crippen molar-refractivity contribution < 1.29 is 27.5 Å². The van der Waals surface area contributed by atoms with Gasteiger partial charge in [-0.3, -0.25) is 9.59 Å². The summed E-state index contributed by atoms with van der Waals surface area (Å²) >= 11 is 0. The topological polar surface area (TPSA) is 84.4 Å². The number of hydrogen-bond acceptors (Lipinski definition) is 5. The number of carbonyl (C=O) groups is 2. The van der Waals surface area contributed by atoms with Crippen molar-refractivity contribution >= 4 is 17.6 Å². The standard InChI is InChI=1S/C20H21F3N4O3/c1-11(2)17(28)26-16-15-9-27(19(29)14(15)4-5-24-16)8-13-6-12(3)18(25-7-13)30-10-20(21,22)23/h4-7,11H,8-10H2,1-3H3,(H,24,26,28). The normalized spacial score (nSPS) is 13.6. The third kappa shape index (κ3) is 4.87. The summed E-state index contributed by atoms with van der Waals surface area (Å²) in [7, 11) is 0. The Morgan fingerprint density at radius 2 is 2.07 bits per heavy atom. The Morgan fingerprint density at radius 1 is 1.33 bits per heavy atom. The van der Waals surface area contributed by atoms with Gasteiger partial charge in [-0.15, -0.1) is 0 Å². The van der Waals surface area contributed by atoms with Crippen LogP contribution in [0.3, 0.4) is 0 Å². The maximum atomic E-state index is 12.8. The number of fused-ring (bicyclic) bond motifs is 1. The molecule has 1 aliphatic heterocycles. The van der Waals surface area contributed by atoms with Gasteiger partial charge in [0.1, 0.15) is 5.82 Å². The van der Waals surface area contributed by atoms with E-state index in [4.69, 9.17) is 4.74 Å². The molecule has 3 rings (SSSR count). The van der Waals surface area contributed by atoms with Crippen LogP contribution in [0.25, 0.3) is 0 Å². The maximum Gasteiger partial charge on any atom is 0.422 e. The number of rotatable bonds is 6. The third-order valence-electron chi connectivity index (χ3n) is 4.52. The van der Waals surface area contributed by atoms with Crippen molar-refractivity contribution in [2.45, 2.75) is 40.0 Å². The molecule has 2 aromatic rings. The summed E-state index contributed by atoms with van der Waals surface area (Å²) in [5.41, 5.74) is 2.17. The molecular weight excluding hydrogens is 401 g/mol. The number of aromatic nitrogens is 2. The van der Waals surface area contributed by atoms with E-state index in [0.717, 1.165) is 0 Å². The Hall–Kier alpha value is -3.17. The van der Waals surface area contributed by atoms with Crippen LogP contribution < -0.4 is 10.1 Å². The third-order valence-corrected chi connectivity index (χ3v) is 4.52.